The van der Waals surface area contributed by atoms with Crippen LogP contribution in [0.3, 0.4) is 0 Å². The summed E-state index contributed by atoms with van der Waals surface area (Å²) < 4.78 is 47.7. The smallest absolute Gasteiger partial charge is 0.433 e. The van der Waals surface area contributed by atoms with Gasteiger partial charge in [-0.3, -0.25) is 9.89 Å². The van der Waals surface area contributed by atoms with Crippen molar-refractivity contribution in [2.45, 2.75) is 13.1 Å². The maximum atomic E-state index is 13.8. The Balaban J connectivity index is 1.84. The van der Waals surface area contributed by atoms with Crippen molar-refractivity contribution in [1.29, 1.82) is 0 Å². The Labute approximate surface area is 166 Å². The molecule has 9 heteroatoms. The largest absolute Gasteiger partial charge is 0.436 e. The van der Waals surface area contributed by atoms with Crippen molar-refractivity contribution in [3.63, 3.8) is 0 Å². The fourth-order valence-corrected chi connectivity index (χ4v) is 3.49. The molecule has 5 aromatic rings. The van der Waals surface area contributed by atoms with Crippen LogP contribution in [0.4, 0.5) is 13.2 Å². The SMILES string of the molecule is Cc1nc2c(-c3ccccc3)c(C(F)(F)F)[nH]n2c(=O)c1-c1nc2ccccc2o1. The minimum absolute atomic E-state index is 0.00159. The molecule has 0 aliphatic heterocycles. The summed E-state index contributed by atoms with van der Waals surface area (Å²) in [7, 11) is 0. The summed E-state index contributed by atoms with van der Waals surface area (Å²) in [6.45, 7) is 1.54. The molecular formula is C21H13F3N4O2. The van der Waals surface area contributed by atoms with Crippen LogP contribution in [-0.4, -0.2) is 19.6 Å². The topological polar surface area (TPSA) is 76.2 Å². The number of halogens is 3. The van der Waals surface area contributed by atoms with Crippen LogP contribution in [-0.2, 0) is 6.18 Å². The monoisotopic (exact) mass is 410 g/mol. The number of aromatic amines is 1. The number of H-pyrrole nitrogens is 1. The van der Waals surface area contributed by atoms with E-state index in [2.05, 4.69) is 15.1 Å². The number of rotatable bonds is 2. The molecule has 5 rings (SSSR count). The predicted octanol–water partition coefficient (Wildman–Crippen LogP) is 4.83. The highest BCUT2D eigenvalue weighted by molar-refractivity contribution is 5.82. The number of alkyl halides is 3. The number of nitrogens with one attached hydrogen (secondary N) is 1. The molecule has 1 N–H and O–H groups in total. The lowest BCUT2D eigenvalue weighted by Crippen LogP contribution is -2.19. The number of oxazole rings is 1. The van der Waals surface area contributed by atoms with Crippen molar-refractivity contribution in [2.75, 3.05) is 0 Å². The third-order valence-corrected chi connectivity index (χ3v) is 4.82. The van der Waals surface area contributed by atoms with E-state index in [9.17, 15) is 18.0 Å². The Bertz CT molecular complexity index is 1430. The molecule has 150 valence electrons. The van der Waals surface area contributed by atoms with Gasteiger partial charge in [0, 0.05) is 0 Å². The van der Waals surface area contributed by atoms with Crippen LogP contribution in [0, 0.1) is 6.92 Å². The van der Waals surface area contributed by atoms with E-state index < -0.39 is 17.4 Å². The maximum absolute atomic E-state index is 13.8. The minimum Gasteiger partial charge on any atom is -0.436 e. The Hall–Kier alpha value is -3.88. The third-order valence-electron chi connectivity index (χ3n) is 4.82. The number of aryl methyl sites for hydroxylation is 1. The second-order valence-corrected chi connectivity index (χ2v) is 6.75. The fraction of sp³-hybridized carbons (Fsp3) is 0.0952. The first-order chi connectivity index (χ1) is 14.3. The summed E-state index contributed by atoms with van der Waals surface area (Å²) in [6, 6.07) is 14.9. The van der Waals surface area contributed by atoms with Crippen LogP contribution in [0.2, 0.25) is 0 Å². The van der Waals surface area contributed by atoms with E-state index in [4.69, 9.17) is 4.42 Å². The molecular weight excluding hydrogens is 397 g/mol. The molecule has 0 radical (unpaired) electrons. The van der Waals surface area contributed by atoms with Gasteiger partial charge in [0.15, 0.2) is 11.2 Å². The van der Waals surface area contributed by atoms with Crippen LogP contribution in [0.15, 0.2) is 63.8 Å². The molecule has 0 unspecified atom stereocenters. The van der Waals surface area contributed by atoms with Gasteiger partial charge in [-0.15, -0.1) is 0 Å². The highest BCUT2D eigenvalue weighted by Crippen LogP contribution is 2.38. The molecule has 3 aromatic heterocycles. The summed E-state index contributed by atoms with van der Waals surface area (Å²) in [4.78, 5) is 21.8. The van der Waals surface area contributed by atoms with E-state index >= 15 is 0 Å². The number of hydrogen-bond donors (Lipinski definition) is 1. The van der Waals surface area contributed by atoms with Gasteiger partial charge in [0.05, 0.1) is 11.3 Å². The zero-order chi connectivity index (χ0) is 21.0. The van der Waals surface area contributed by atoms with Gasteiger partial charge < -0.3 is 4.42 Å². The van der Waals surface area contributed by atoms with Gasteiger partial charge in [0.1, 0.15) is 16.8 Å². The number of para-hydroxylation sites is 2. The highest BCUT2D eigenvalue weighted by Gasteiger charge is 2.38. The number of aromatic nitrogens is 4. The normalized spacial score (nSPS) is 12.1. The predicted molar refractivity (Wildman–Crippen MR) is 104 cm³/mol. The van der Waals surface area contributed by atoms with E-state index in [1.54, 1.807) is 49.4 Å². The zero-order valence-corrected chi connectivity index (χ0v) is 15.5. The van der Waals surface area contributed by atoms with Crippen molar-refractivity contribution < 1.29 is 17.6 Å². The average Bonchev–Trinajstić information content (AvgIpc) is 3.30. The van der Waals surface area contributed by atoms with E-state index in [0.29, 0.717) is 16.7 Å². The first-order valence-corrected chi connectivity index (χ1v) is 8.98. The highest BCUT2D eigenvalue weighted by atomic mass is 19.4. The van der Waals surface area contributed by atoms with E-state index in [0.717, 1.165) is 4.52 Å². The molecule has 3 heterocycles. The molecule has 0 aliphatic rings. The van der Waals surface area contributed by atoms with Crippen molar-refractivity contribution in [3.8, 4) is 22.6 Å². The Morgan fingerprint density at radius 3 is 2.37 bits per heavy atom. The standard InChI is InChI=1S/C21H13F3N4O2/c1-11-15(19-26-13-9-5-6-10-14(13)30-19)20(29)28-18(25-11)16(12-7-3-2-4-8-12)17(27-28)21(22,23)24/h2-10,27H,1H3. The number of benzene rings is 2. The lowest BCUT2D eigenvalue weighted by molar-refractivity contribution is -0.140. The number of fused-ring (bicyclic) bond motifs is 2. The summed E-state index contributed by atoms with van der Waals surface area (Å²) in [5.41, 5.74) is -0.570. The molecule has 6 nitrogen and oxygen atoms in total. The van der Waals surface area contributed by atoms with Crippen molar-refractivity contribution in [1.82, 2.24) is 19.6 Å². The molecule has 0 fully saturated rings. The lowest BCUT2D eigenvalue weighted by Gasteiger charge is -2.07. The van der Waals surface area contributed by atoms with Crippen LogP contribution >= 0.6 is 0 Å². The zero-order valence-electron chi connectivity index (χ0n) is 15.5. The van der Waals surface area contributed by atoms with Crippen molar-refractivity contribution in [3.05, 3.63) is 76.3 Å². The fourth-order valence-electron chi connectivity index (χ4n) is 3.49. The number of nitrogens with zero attached hydrogens (tertiary/aromatic N) is 3. The molecule has 2 aromatic carbocycles. The molecule has 0 spiro atoms. The first-order valence-electron chi connectivity index (χ1n) is 8.98. The van der Waals surface area contributed by atoms with Gasteiger partial charge >= 0.3 is 6.18 Å². The second-order valence-electron chi connectivity index (χ2n) is 6.75. The van der Waals surface area contributed by atoms with Crippen LogP contribution in [0.1, 0.15) is 11.4 Å². The van der Waals surface area contributed by atoms with E-state index in [1.165, 1.54) is 12.1 Å². The van der Waals surface area contributed by atoms with Crippen LogP contribution < -0.4 is 5.56 Å². The molecule has 0 saturated heterocycles. The van der Waals surface area contributed by atoms with Gasteiger partial charge in [0.2, 0.25) is 5.89 Å². The third kappa shape index (κ3) is 2.70. The molecule has 30 heavy (non-hydrogen) atoms. The van der Waals surface area contributed by atoms with Gasteiger partial charge in [-0.1, -0.05) is 42.5 Å². The Kier molecular flexibility index (Phi) is 3.82. The van der Waals surface area contributed by atoms with Crippen LogP contribution in [0.25, 0.3) is 39.3 Å². The number of hydrogen-bond acceptors (Lipinski definition) is 4. The van der Waals surface area contributed by atoms with Crippen molar-refractivity contribution in [2.24, 2.45) is 0 Å². The summed E-state index contributed by atoms with van der Waals surface area (Å²) in [6.07, 6.45) is -4.71. The van der Waals surface area contributed by atoms with Crippen LogP contribution in [0.5, 0.6) is 0 Å². The minimum atomic E-state index is -4.71. The molecule has 0 amide bonds. The van der Waals surface area contributed by atoms with E-state index in [-0.39, 0.29) is 28.4 Å². The lowest BCUT2D eigenvalue weighted by atomic mass is 10.1. The van der Waals surface area contributed by atoms with Gasteiger partial charge in [0.25, 0.3) is 5.56 Å². The Morgan fingerprint density at radius 1 is 0.967 bits per heavy atom. The van der Waals surface area contributed by atoms with Gasteiger partial charge in [-0.2, -0.15) is 17.7 Å². The average molecular weight is 410 g/mol. The van der Waals surface area contributed by atoms with Gasteiger partial charge in [-0.05, 0) is 24.6 Å². The molecule has 0 aliphatic carbocycles. The second kappa shape index (κ2) is 6.31. The first kappa shape index (κ1) is 18.2. The quantitative estimate of drug-likeness (QED) is 0.453. The molecule has 0 saturated carbocycles. The van der Waals surface area contributed by atoms with Crippen molar-refractivity contribution >= 4 is 16.7 Å². The molecule has 0 bridgehead atoms. The van der Waals surface area contributed by atoms with Gasteiger partial charge in [-0.25, -0.2) is 9.97 Å². The molecule has 0 atom stereocenters. The maximum Gasteiger partial charge on any atom is 0.433 e. The summed E-state index contributed by atoms with van der Waals surface area (Å²) in [5, 5.41) is 2.19. The summed E-state index contributed by atoms with van der Waals surface area (Å²) >= 11 is 0. The Morgan fingerprint density at radius 2 is 1.67 bits per heavy atom. The summed E-state index contributed by atoms with van der Waals surface area (Å²) in [5.74, 6) is 0.00465. The van der Waals surface area contributed by atoms with E-state index in [1.807, 2.05) is 0 Å².